The zero-order valence-corrected chi connectivity index (χ0v) is 23.3. The number of hydrogen-bond donors (Lipinski definition) is 2. The van der Waals surface area contributed by atoms with E-state index in [9.17, 15) is 0 Å². The number of ether oxygens (including phenoxy) is 1. The summed E-state index contributed by atoms with van der Waals surface area (Å²) < 4.78 is 8.47. The highest BCUT2D eigenvalue weighted by Gasteiger charge is 2.30. The first kappa shape index (κ1) is 25.7. The van der Waals surface area contributed by atoms with Crippen molar-refractivity contribution in [2.45, 2.75) is 37.8 Å². The summed E-state index contributed by atoms with van der Waals surface area (Å²) in [5.74, 6) is 2.62. The molecule has 210 valence electrons. The Balaban J connectivity index is 1.17. The zero-order chi connectivity index (χ0) is 27.8. The van der Waals surface area contributed by atoms with Crippen LogP contribution in [0.1, 0.15) is 31.7 Å². The van der Waals surface area contributed by atoms with Gasteiger partial charge in [-0.1, -0.05) is 24.3 Å². The van der Waals surface area contributed by atoms with Gasteiger partial charge in [-0.25, -0.2) is 19.6 Å². The Morgan fingerprint density at radius 1 is 0.902 bits per heavy atom. The number of benzene rings is 2. The summed E-state index contributed by atoms with van der Waals surface area (Å²) in [5.41, 5.74) is 9.83. The van der Waals surface area contributed by atoms with Crippen molar-refractivity contribution in [1.29, 1.82) is 0 Å². The number of nitrogen functional groups attached to an aromatic ring is 1. The third kappa shape index (κ3) is 5.05. The van der Waals surface area contributed by atoms with Crippen LogP contribution in [0, 0.1) is 0 Å². The number of anilines is 1. The molecule has 1 aliphatic carbocycles. The van der Waals surface area contributed by atoms with Crippen molar-refractivity contribution >= 4 is 16.9 Å². The number of fused-ring (bicyclic) bond motifs is 1. The molecule has 0 bridgehead atoms. The van der Waals surface area contributed by atoms with Gasteiger partial charge in [-0.15, -0.1) is 0 Å². The molecular weight excluding hydrogens is 514 g/mol. The summed E-state index contributed by atoms with van der Waals surface area (Å²) >= 11 is 0. The van der Waals surface area contributed by atoms with Crippen LogP contribution in [0.4, 0.5) is 5.82 Å². The highest BCUT2D eigenvalue weighted by atomic mass is 16.5. The third-order valence-electron chi connectivity index (χ3n) is 8.56. The monoisotopic (exact) mass is 549 g/mol. The number of aromatic amines is 1. The lowest BCUT2D eigenvalue weighted by molar-refractivity contribution is 0.0815. The molecule has 2 aromatic carbocycles. The average molecular weight is 550 g/mol. The van der Waals surface area contributed by atoms with Crippen molar-refractivity contribution in [3.05, 3.63) is 67.3 Å². The molecule has 41 heavy (non-hydrogen) atoms. The fourth-order valence-corrected chi connectivity index (χ4v) is 6.30. The quantitative estimate of drug-likeness (QED) is 0.305. The van der Waals surface area contributed by atoms with E-state index in [1.807, 2.05) is 48.5 Å². The van der Waals surface area contributed by atoms with Crippen molar-refractivity contribution in [2.24, 2.45) is 0 Å². The predicted octanol–water partition coefficient (Wildman–Crippen LogP) is 4.99. The maximum atomic E-state index is 6.45. The van der Waals surface area contributed by atoms with Gasteiger partial charge in [-0.3, -0.25) is 4.90 Å². The van der Waals surface area contributed by atoms with Crippen LogP contribution in [-0.4, -0.2) is 78.8 Å². The lowest BCUT2D eigenvalue weighted by Gasteiger charge is -2.41. The van der Waals surface area contributed by atoms with Crippen LogP contribution >= 0.6 is 0 Å². The van der Waals surface area contributed by atoms with Crippen LogP contribution in [0.25, 0.3) is 33.7 Å². The number of H-pyrrole nitrogens is 1. The van der Waals surface area contributed by atoms with E-state index in [2.05, 4.69) is 41.5 Å². The molecule has 2 fully saturated rings. The minimum absolute atomic E-state index is 0.281. The van der Waals surface area contributed by atoms with Crippen molar-refractivity contribution in [1.82, 2.24) is 39.5 Å². The SMILES string of the molecule is CN1CCN(C2CCC(n3nc(-c4cccc(Oc5ccccc5-c5ncc[nH]5)c4)c4c(N)ncnc43)CC2)CC1. The number of nitrogens with two attached hydrogens (primary N) is 1. The fourth-order valence-electron chi connectivity index (χ4n) is 6.30. The molecule has 1 saturated carbocycles. The van der Waals surface area contributed by atoms with E-state index < -0.39 is 0 Å². The van der Waals surface area contributed by atoms with Crippen LogP contribution in [0.15, 0.2) is 67.3 Å². The molecule has 3 aromatic heterocycles. The number of likely N-dealkylation sites (N-methyl/N-ethyl adjacent to an activating group) is 1. The molecule has 7 rings (SSSR count). The molecule has 0 spiro atoms. The Labute approximate surface area is 239 Å². The molecule has 3 N–H and O–H groups in total. The Hall–Kier alpha value is -4.28. The van der Waals surface area contributed by atoms with E-state index in [1.54, 1.807) is 18.7 Å². The molecule has 0 radical (unpaired) electrons. The maximum absolute atomic E-state index is 6.45. The van der Waals surface area contributed by atoms with Crippen LogP contribution < -0.4 is 10.5 Å². The minimum Gasteiger partial charge on any atom is -0.457 e. The van der Waals surface area contributed by atoms with Crippen LogP contribution in [-0.2, 0) is 0 Å². The number of piperazine rings is 1. The molecule has 1 aliphatic heterocycles. The highest BCUT2D eigenvalue weighted by Crippen LogP contribution is 2.39. The van der Waals surface area contributed by atoms with Crippen LogP contribution in [0.5, 0.6) is 11.5 Å². The molecule has 10 heteroatoms. The molecule has 0 atom stereocenters. The summed E-state index contributed by atoms with van der Waals surface area (Å²) in [6.07, 6.45) is 9.57. The first-order valence-corrected chi connectivity index (χ1v) is 14.4. The third-order valence-corrected chi connectivity index (χ3v) is 8.56. The Morgan fingerprint density at radius 3 is 2.51 bits per heavy atom. The number of nitrogens with one attached hydrogen (secondary N) is 1. The Kier molecular flexibility index (Phi) is 6.85. The van der Waals surface area contributed by atoms with Crippen LogP contribution in [0.2, 0.25) is 0 Å². The van der Waals surface area contributed by atoms with Crippen molar-refractivity contribution in [2.75, 3.05) is 39.0 Å². The van der Waals surface area contributed by atoms with E-state index in [1.165, 1.54) is 12.8 Å². The zero-order valence-electron chi connectivity index (χ0n) is 23.3. The van der Waals surface area contributed by atoms with E-state index in [0.717, 1.165) is 78.4 Å². The van der Waals surface area contributed by atoms with Crippen molar-refractivity contribution < 1.29 is 4.74 Å². The van der Waals surface area contributed by atoms with E-state index in [-0.39, 0.29) is 6.04 Å². The second-order valence-corrected chi connectivity index (χ2v) is 11.1. The molecule has 10 nitrogen and oxygen atoms in total. The number of imidazole rings is 1. The lowest BCUT2D eigenvalue weighted by Crippen LogP contribution is -2.49. The van der Waals surface area contributed by atoms with E-state index >= 15 is 0 Å². The van der Waals surface area contributed by atoms with Crippen molar-refractivity contribution in [3.63, 3.8) is 0 Å². The van der Waals surface area contributed by atoms with Gasteiger partial charge in [0.05, 0.1) is 17.0 Å². The topological polar surface area (TPSA) is 114 Å². The number of nitrogens with zero attached hydrogens (tertiary/aromatic N) is 7. The first-order valence-electron chi connectivity index (χ1n) is 14.4. The molecule has 5 aromatic rings. The van der Waals surface area contributed by atoms with Gasteiger partial charge in [0, 0.05) is 50.2 Å². The molecular formula is C31H35N9O. The summed E-state index contributed by atoms with van der Waals surface area (Å²) in [6.45, 7) is 4.63. The summed E-state index contributed by atoms with van der Waals surface area (Å²) in [5, 5.41) is 5.93. The molecule has 0 unspecified atom stereocenters. The number of hydrogen-bond acceptors (Lipinski definition) is 8. The van der Waals surface area contributed by atoms with Gasteiger partial charge in [0.25, 0.3) is 0 Å². The van der Waals surface area contributed by atoms with Gasteiger partial charge in [-0.2, -0.15) is 5.10 Å². The second kappa shape index (κ2) is 10.9. The van der Waals surface area contributed by atoms with Gasteiger partial charge < -0.3 is 20.4 Å². The van der Waals surface area contributed by atoms with Gasteiger partial charge in [0.15, 0.2) is 5.65 Å². The number of para-hydroxylation sites is 1. The minimum atomic E-state index is 0.281. The Morgan fingerprint density at radius 2 is 1.71 bits per heavy atom. The summed E-state index contributed by atoms with van der Waals surface area (Å²) in [7, 11) is 2.21. The van der Waals surface area contributed by atoms with E-state index in [0.29, 0.717) is 17.6 Å². The number of rotatable bonds is 6. The summed E-state index contributed by atoms with van der Waals surface area (Å²) in [6, 6.07) is 16.8. The van der Waals surface area contributed by atoms with Gasteiger partial charge in [0.2, 0.25) is 0 Å². The summed E-state index contributed by atoms with van der Waals surface area (Å²) in [4.78, 5) is 21.6. The molecule has 1 saturated heterocycles. The second-order valence-electron chi connectivity index (χ2n) is 11.1. The molecule has 0 amide bonds. The maximum Gasteiger partial charge on any atom is 0.164 e. The molecule has 2 aliphatic rings. The van der Waals surface area contributed by atoms with E-state index in [4.69, 9.17) is 15.6 Å². The number of aromatic nitrogens is 6. The largest absolute Gasteiger partial charge is 0.457 e. The standard InChI is InChI=1S/C31H35N9O/c1-38-15-17-39(18-16-38)22-9-11-23(12-10-22)40-31-27(29(32)35-20-36-31)28(37-40)21-5-4-6-24(19-21)41-26-8-3-2-7-25(26)30-33-13-14-34-30/h2-8,13-14,19-20,22-23H,9-12,15-18H2,1H3,(H,33,34)(H2,32,35,36). The smallest absolute Gasteiger partial charge is 0.164 e. The molecule has 4 heterocycles. The fraction of sp³-hybridized carbons (Fsp3) is 0.355. The van der Waals surface area contributed by atoms with Crippen LogP contribution in [0.3, 0.4) is 0 Å². The normalized spacial score (nSPS) is 20.4. The van der Waals surface area contributed by atoms with Gasteiger partial charge in [-0.05, 0) is 57.0 Å². The lowest BCUT2D eigenvalue weighted by atomic mass is 9.90. The highest BCUT2D eigenvalue weighted by molar-refractivity contribution is 5.98. The average Bonchev–Trinajstić information content (AvgIpc) is 3.68. The Bertz CT molecular complexity index is 1630. The van der Waals surface area contributed by atoms with Crippen molar-refractivity contribution in [3.8, 4) is 34.1 Å². The first-order chi connectivity index (χ1) is 20.1. The predicted molar refractivity (Wildman–Crippen MR) is 160 cm³/mol. The van der Waals surface area contributed by atoms with Gasteiger partial charge in [0.1, 0.15) is 35.2 Å². The van der Waals surface area contributed by atoms with Gasteiger partial charge >= 0.3 is 0 Å².